The number of hydrogen-bond acceptors (Lipinski definition) is 4. The molecule has 2 aromatic heterocycles. The monoisotopic (exact) mass is 389 g/mol. The molecule has 0 saturated carbocycles. The van der Waals surface area contributed by atoms with Crippen molar-refractivity contribution in [3.05, 3.63) is 93.9 Å². The smallest absolute Gasteiger partial charge is 0.262 e. The van der Waals surface area contributed by atoms with Gasteiger partial charge >= 0.3 is 0 Å². The third-order valence-electron chi connectivity index (χ3n) is 4.55. The summed E-state index contributed by atoms with van der Waals surface area (Å²) >= 11 is 1.42. The minimum Gasteiger partial charge on any atom is -0.306 e. The van der Waals surface area contributed by atoms with Crippen LogP contribution >= 0.6 is 11.3 Å². The molecule has 2 aromatic carbocycles. The standard InChI is InChI=1S/C22H19N3O2S/c1-16-6-5-9-18(12-16)25(13-17-7-3-2-4-8-17)20(26)14-24-15-23-21-19(22(24)27)10-11-28-21/h2-12,15H,13-14H2,1H3. The lowest BCUT2D eigenvalue weighted by atomic mass is 10.1. The van der Waals surface area contributed by atoms with Crippen LogP contribution in [0.4, 0.5) is 5.69 Å². The van der Waals surface area contributed by atoms with Crippen LogP contribution in [0.3, 0.4) is 0 Å². The van der Waals surface area contributed by atoms with Gasteiger partial charge in [-0.3, -0.25) is 14.2 Å². The Morgan fingerprint density at radius 1 is 1.11 bits per heavy atom. The summed E-state index contributed by atoms with van der Waals surface area (Å²) in [4.78, 5) is 32.6. The van der Waals surface area contributed by atoms with E-state index in [0.29, 0.717) is 16.8 Å². The number of hydrogen-bond donors (Lipinski definition) is 0. The van der Waals surface area contributed by atoms with E-state index in [4.69, 9.17) is 0 Å². The van der Waals surface area contributed by atoms with Gasteiger partial charge in [-0.05, 0) is 41.6 Å². The highest BCUT2D eigenvalue weighted by molar-refractivity contribution is 7.16. The molecule has 28 heavy (non-hydrogen) atoms. The normalized spacial score (nSPS) is 10.9. The van der Waals surface area contributed by atoms with Crippen molar-refractivity contribution >= 4 is 33.1 Å². The number of benzene rings is 2. The highest BCUT2D eigenvalue weighted by Gasteiger charge is 2.18. The van der Waals surface area contributed by atoms with Crippen molar-refractivity contribution < 1.29 is 4.79 Å². The summed E-state index contributed by atoms with van der Waals surface area (Å²) in [6.45, 7) is 2.37. The summed E-state index contributed by atoms with van der Waals surface area (Å²) in [6, 6.07) is 19.4. The molecule has 0 spiro atoms. The molecule has 0 aliphatic rings. The van der Waals surface area contributed by atoms with Crippen LogP contribution in [-0.4, -0.2) is 15.5 Å². The molecule has 4 aromatic rings. The molecule has 0 radical (unpaired) electrons. The Hall–Kier alpha value is -3.25. The van der Waals surface area contributed by atoms with Crippen LogP contribution < -0.4 is 10.5 Å². The van der Waals surface area contributed by atoms with Crippen LogP contribution in [-0.2, 0) is 17.9 Å². The fraction of sp³-hybridized carbons (Fsp3) is 0.136. The van der Waals surface area contributed by atoms with Gasteiger partial charge in [0.2, 0.25) is 5.91 Å². The quantitative estimate of drug-likeness (QED) is 0.518. The van der Waals surface area contributed by atoms with E-state index in [0.717, 1.165) is 16.8 Å². The van der Waals surface area contributed by atoms with E-state index in [1.165, 1.54) is 22.2 Å². The summed E-state index contributed by atoms with van der Waals surface area (Å²) in [5, 5.41) is 2.38. The first-order valence-electron chi connectivity index (χ1n) is 8.95. The molecule has 0 aliphatic carbocycles. The Balaban J connectivity index is 1.67. The Morgan fingerprint density at radius 2 is 1.93 bits per heavy atom. The van der Waals surface area contributed by atoms with Crippen LogP contribution in [0.2, 0.25) is 0 Å². The van der Waals surface area contributed by atoms with E-state index in [1.54, 1.807) is 11.0 Å². The number of thiophene rings is 1. The van der Waals surface area contributed by atoms with Crippen molar-refractivity contribution in [2.75, 3.05) is 4.90 Å². The van der Waals surface area contributed by atoms with Crippen LogP contribution in [0.5, 0.6) is 0 Å². The first-order valence-corrected chi connectivity index (χ1v) is 9.83. The number of carbonyl (C=O) groups is 1. The zero-order chi connectivity index (χ0) is 19.5. The summed E-state index contributed by atoms with van der Waals surface area (Å²) in [5.74, 6) is -0.159. The molecule has 2 heterocycles. The van der Waals surface area contributed by atoms with Crippen LogP contribution in [0.1, 0.15) is 11.1 Å². The SMILES string of the molecule is Cc1cccc(N(Cc2ccccc2)C(=O)Cn2cnc3sccc3c2=O)c1. The molecule has 6 heteroatoms. The molecule has 5 nitrogen and oxygen atoms in total. The molecule has 4 rings (SSSR count). The molecule has 0 N–H and O–H groups in total. The fourth-order valence-corrected chi connectivity index (χ4v) is 3.85. The second-order valence-electron chi connectivity index (χ2n) is 6.62. The minimum absolute atomic E-state index is 0.0571. The lowest BCUT2D eigenvalue weighted by Gasteiger charge is -2.24. The van der Waals surface area contributed by atoms with Crippen molar-refractivity contribution in [1.82, 2.24) is 9.55 Å². The third-order valence-corrected chi connectivity index (χ3v) is 5.37. The van der Waals surface area contributed by atoms with Gasteiger partial charge < -0.3 is 4.90 Å². The van der Waals surface area contributed by atoms with Crippen molar-refractivity contribution in [2.45, 2.75) is 20.0 Å². The molecular weight excluding hydrogens is 370 g/mol. The molecule has 0 bridgehead atoms. The van der Waals surface area contributed by atoms with Gasteiger partial charge in [0, 0.05) is 5.69 Å². The zero-order valence-corrected chi connectivity index (χ0v) is 16.2. The molecule has 0 saturated heterocycles. The lowest BCUT2D eigenvalue weighted by molar-refractivity contribution is -0.119. The summed E-state index contributed by atoms with van der Waals surface area (Å²) in [5.41, 5.74) is 2.72. The molecular formula is C22H19N3O2S. The predicted molar refractivity (Wildman–Crippen MR) is 113 cm³/mol. The highest BCUT2D eigenvalue weighted by Crippen LogP contribution is 2.20. The van der Waals surface area contributed by atoms with E-state index in [1.807, 2.05) is 66.9 Å². The average molecular weight is 389 g/mol. The number of aromatic nitrogens is 2. The number of aryl methyl sites for hydroxylation is 1. The summed E-state index contributed by atoms with van der Waals surface area (Å²) < 4.78 is 1.38. The van der Waals surface area contributed by atoms with E-state index >= 15 is 0 Å². The van der Waals surface area contributed by atoms with E-state index in [9.17, 15) is 9.59 Å². The molecule has 0 aliphatic heterocycles. The number of fused-ring (bicyclic) bond motifs is 1. The van der Waals surface area contributed by atoms with Crippen molar-refractivity contribution in [2.24, 2.45) is 0 Å². The first-order chi connectivity index (χ1) is 13.6. The number of nitrogens with zero attached hydrogens (tertiary/aromatic N) is 3. The van der Waals surface area contributed by atoms with Gasteiger partial charge in [-0.15, -0.1) is 11.3 Å². The molecule has 0 fully saturated rings. The first kappa shape index (κ1) is 18.1. The minimum atomic E-state index is -0.191. The maximum Gasteiger partial charge on any atom is 0.262 e. The van der Waals surface area contributed by atoms with Crippen molar-refractivity contribution in [3.63, 3.8) is 0 Å². The van der Waals surface area contributed by atoms with Crippen molar-refractivity contribution in [3.8, 4) is 0 Å². The number of rotatable bonds is 5. The zero-order valence-electron chi connectivity index (χ0n) is 15.4. The van der Waals surface area contributed by atoms with Crippen LogP contribution in [0, 0.1) is 6.92 Å². The van der Waals surface area contributed by atoms with Gasteiger partial charge in [0.25, 0.3) is 5.56 Å². The van der Waals surface area contributed by atoms with Crippen LogP contribution in [0.25, 0.3) is 10.2 Å². The highest BCUT2D eigenvalue weighted by atomic mass is 32.1. The molecule has 1 amide bonds. The Morgan fingerprint density at radius 3 is 2.71 bits per heavy atom. The van der Waals surface area contributed by atoms with E-state index in [2.05, 4.69) is 4.98 Å². The molecule has 0 unspecified atom stereocenters. The van der Waals surface area contributed by atoms with Gasteiger partial charge in [0.15, 0.2) is 0 Å². The third kappa shape index (κ3) is 3.73. The predicted octanol–water partition coefficient (Wildman–Crippen LogP) is 4.00. The van der Waals surface area contributed by atoms with Crippen LogP contribution in [0.15, 0.2) is 77.2 Å². The number of carbonyl (C=O) groups excluding carboxylic acids is 1. The maximum atomic E-state index is 13.2. The summed E-state index contributed by atoms with van der Waals surface area (Å²) in [6.07, 6.45) is 1.45. The summed E-state index contributed by atoms with van der Waals surface area (Å²) in [7, 11) is 0. The second-order valence-corrected chi connectivity index (χ2v) is 7.52. The van der Waals surface area contributed by atoms with Gasteiger partial charge in [0.1, 0.15) is 11.4 Å². The van der Waals surface area contributed by atoms with Gasteiger partial charge in [-0.25, -0.2) is 4.98 Å². The van der Waals surface area contributed by atoms with Gasteiger partial charge in [-0.1, -0.05) is 42.5 Å². The molecule has 0 atom stereocenters. The Kier molecular flexibility index (Phi) is 5.04. The van der Waals surface area contributed by atoms with E-state index < -0.39 is 0 Å². The largest absolute Gasteiger partial charge is 0.306 e. The van der Waals surface area contributed by atoms with Gasteiger partial charge in [0.05, 0.1) is 18.3 Å². The number of amides is 1. The average Bonchev–Trinajstić information content (AvgIpc) is 3.18. The fourth-order valence-electron chi connectivity index (χ4n) is 3.12. The Bertz CT molecular complexity index is 1180. The number of anilines is 1. The van der Waals surface area contributed by atoms with Crippen molar-refractivity contribution in [1.29, 1.82) is 0 Å². The Labute approximate surface area is 166 Å². The lowest BCUT2D eigenvalue weighted by Crippen LogP contribution is -2.36. The topological polar surface area (TPSA) is 55.2 Å². The molecule has 140 valence electrons. The van der Waals surface area contributed by atoms with Gasteiger partial charge in [-0.2, -0.15) is 0 Å². The second kappa shape index (κ2) is 7.78. The maximum absolute atomic E-state index is 13.2. The van der Waals surface area contributed by atoms with E-state index in [-0.39, 0.29) is 18.0 Å².